The van der Waals surface area contributed by atoms with Crippen LogP contribution in [0.4, 0.5) is 0 Å². The predicted molar refractivity (Wildman–Crippen MR) is 230 cm³/mol. The van der Waals surface area contributed by atoms with Crippen LogP contribution in [0.15, 0.2) is 168 Å². The molecule has 262 valence electrons. The Balaban J connectivity index is 1.29. The van der Waals surface area contributed by atoms with Crippen molar-refractivity contribution < 1.29 is 4.42 Å². The molecule has 5 heteroatoms. The molecule has 0 saturated carbocycles. The van der Waals surface area contributed by atoms with Gasteiger partial charge in [-0.25, -0.2) is 15.0 Å². The van der Waals surface area contributed by atoms with Gasteiger partial charge in [-0.05, 0) is 58.0 Å². The Morgan fingerprint density at radius 2 is 1.18 bits per heavy atom. The highest BCUT2D eigenvalue weighted by molar-refractivity contribution is 6.25. The summed E-state index contributed by atoms with van der Waals surface area (Å²) in [7, 11) is 0. The van der Waals surface area contributed by atoms with E-state index in [1.165, 1.54) is 27.4 Å². The van der Waals surface area contributed by atoms with Crippen molar-refractivity contribution >= 4 is 71.2 Å². The molecule has 0 fully saturated rings. The van der Waals surface area contributed by atoms with Gasteiger partial charge >= 0.3 is 0 Å². The van der Waals surface area contributed by atoms with Crippen LogP contribution in [0, 0.1) is 0 Å². The minimum absolute atomic E-state index is 0.564. The topological polar surface area (TPSA) is 56.7 Å². The first-order valence-corrected chi connectivity index (χ1v) is 19.2. The maximum absolute atomic E-state index is 7.04. The van der Waals surface area contributed by atoms with E-state index in [0.717, 1.165) is 84.2 Å². The normalized spacial score (nSPS) is 12.8. The maximum atomic E-state index is 7.04. The second kappa shape index (κ2) is 12.1. The van der Waals surface area contributed by atoms with E-state index in [-0.39, 0.29) is 0 Å². The van der Waals surface area contributed by atoms with E-state index in [2.05, 4.69) is 150 Å². The van der Waals surface area contributed by atoms with Gasteiger partial charge in [0, 0.05) is 43.9 Å². The van der Waals surface area contributed by atoms with Crippen molar-refractivity contribution in [3.63, 3.8) is 0 Å². The number of aromatic nitrogens is 4. The summed E-state index contributed by atoms with van der Waals surface area (Å²) in [6.07, 6.45) is 6.47. The van der Waals surface area contributed by atoms with E-state index in [1.807, 2.05) is 24.3 Å². The maximum Gasteiger partial charge on any atom is 0.170 e. The molecular weight excluding hydrogens is 685 g/mol. The molecule has 3 aromatic heterocycles. The fourth-order valence-electron chi connectivity index (χ4n) is 8.98. The Hall–Kier alpha value is -7.37. The number of hydrogen-bond donors (Lipinski definition) is 0. The molecule has 0 aliphatic heterocycles. The van der Waals surface area contributed by atoms with Crippen molar-refractivity contribution in [2.45, 2.75) is 12.8 Å². The van der Waals surface area contributed by atoms with Gasteiger partial charge in [0.2, 0.25) is 0 Å². The van der Waals surface area contributed by atoms with E-state index in [1.54, 1.807) is 0 Å². The van der Waals surface area contributed by atoms with Crippen LogP contribution >= 0.6 is 0 Å². The number of hydrogen-bond acceptors (Lipinski definition) is 4. The van der Waals surface area contributed by atoms with Crippen molar-refractivity contribution in [1.29, 1.82) is 0 Å². The Labute approximate surface area is 321 Å². The summed E-state index contributed by atoms with van der Waals surface area (Å²) < 4.78 is 9.54. The van der Waals surface area contributed by atoms with Crippen LogP contribution in [0.3, 0.4) is 0 Å². The summed E-state index contributed by atoms with van der Waals surface area (Å²) in [6, 6.07) is 55.4. The molecule has 0 amide bonds. The quantitative estimate of drug-likeness (QED) is 0.182. The largest absolute Gasteiger partial charge is 0.455 e. The average molecular weight is 717 g/mol. The fourth-order valence-corrected chi connectivity index (χ4v) is 8.98. The molecule has 8 aromatic carbocycles. The zero-order valence-corrected chi connectivity index (χ0v) is 30.3. The van der Waals surface area contributed by atoms with Crippen LogP contribution in [-0.4, -0.2) is 19.5 Å². The second-order valence-electron chi connectivity index (χ2n) is 14.6. The van der Waals surface area contributed by atoms with Crippen molar-refractivity contribution in [2.24, 2.45) is 0 Å². The van der Waals surface area contributed by atoms with Gasteiger partial charge in [-0.2, -0.15) is 0 Å². The van der Waals surface area contributed by atoms with Crippen LogP contribution in [-0.2, 0) is 6.42 Å². The molecule has 3 heterocycles. The van der Waals surface area contributed by atoms with Crippen LogP contribution in [0.2, 0.25) is 0 Å². The third kappa shape index (κ3) is 4.58. The van der Waals surface area contributed by atoms with Gasteiger partial charge in [-0.1, -0.05) is 152 Å². The number of para-hydroxylation sites is 1. The van der Waals surface area contributed by atoms with Gasteiger partial charge in [0.25, 0.3) is 0 Å². The van der Waals surface area contributed by atoms with E-state index in [0.29, 0.717) is 17.5 Å². The lowest BCUT2D eigenvalue weighted by Crippen LogP contribution is -2.08. The number of nitrogens with zero attached hydrogens (tertiary/aromatic N) is 4. The first-order chi connectivity index (χ1) is 27.8. The zero-order chi connectivity index (χ0) is 36.7. The standard InChI is InChI=1S/C51H32N4O/c1-2-16-32(17-3-1)49-52-50(39-26-14-20-31-15-6-7-21-35(31)39)54-51(53-49)46-47(38-24-9-8-23-37(38)45-40-25-11-13-28-44(40)56-48(45)46)55-42-27-12-10-22-36(42)41-29-33-18-4-5-19-34(33)30-43(41)55/h1-11,13-26,28-30H,12,27H2. The highest BCUT2D eigenvalue weighted by Crippen LogP contribution is 2.48. The molecular formula is C51H32N4O. The molecule has 0 saturated heterocycles. The number of furan rings is 1. The van der Waals surface area contributed by atoms with Crippen molar-refractivity contribution in [3.05, 3.63) is 175 Å². The minimum atomic E-state index is 0.564. The highest BCUT2D eigenvalue weighted by Gasteiger charge is 2.29. The SMILES string of the molecule is C1=Cc2c(n(-c3c(-c4nc(-c5ccccc5)nc(-c5cccc6ccccc56)n4)c4oc5ccccc5c4c4ccccc34)c3cc4ccccc4cc23)CC1. The van der Waals surface area contributed by atoms with E-state index < -0.39 is 0 Å². The first-order valence-electron chi connectivity index (χ1n) is 19.2. The first kappa shape index (κ1) is 31.0. The minimum Gasteiger partial charge on any atom is -0.455 e. The molecule has 1 aliphatic carbocycles. The lowest BCUT2D eigenvalue weighted by molar-refractivity contribution is 0.669. The summed E-state index contributed by atoms with van der Waals surface area (Å²) in [4.78, 5) is 16.1. The van der Waals surface area contributed by atoms with Gasteiger partial charge in [-0.3, -0.25) is 0 Å². The molecule has 0 spiro atoms. The number of fused-ring (bicyclic) bond motifs is 10. The molecule has 12 rings (SSSR count). The van der Waals surface area contributed by atoms with Gasteiger partial charge in [0.15, 0.2) is 17.5 Å². The Bertz CT molecular complexity index is 3420. The third-order valence-corrected chi connectivity index (χ3v) is 11.5. The van der Waals surface area contributed by atoms with Gasteiger partial charge in [-0.15, -0.1) is 0 Å². The summed E-state index contributed by atoms with van der Waals surface area (Å²) in [5, 5.41) is 10.2. The smallest absolute Gasteiger partial charge is 0.170 e. The summed E-state index contributed by atoms with van der Waals surface area (Å²) in [5.74, 6) is 1.78. The molecule has 11 aromatic rings. The van der Waals surface area contributed by atoms with E-state index in [9.17, 15) is 0 Å². The van der Waals surface area contributed by atoms with Gasteiger partial charge < -0.3 is 8.98 Å². The van der Waals surface area contributed by atoms with Crippen LogP contribution in [0.25, 0.3) is 111 Å². The van der Waals surface area contributed by atoms with Crippen LogP contribution in [0.5, 0.6) is 0 Å². The van der Waals surface area contributed by atoms with E-state index >= 15 is 0 Å². The third-order valence-electron chi connectivity index (χ3n) is 11.5. The molecule has 56 heavy (non-hydrogen) atoms. The van der Waals surface area contributed by atoms with Crippen LogP contribution in [0.1, 0.15) is 17.7 Å². The number of allylic oxidation sites excluding steroid dienone is 1. The molecule has 0 atom stereocenters. The van der Waals surface area contributed by atoms with Crippen molar-refractivity contribution in [2.75, 3.05) is 0 Å². The average Bonchev–Trinajstić information content (AvgIpc) is 3.81. The lowest BCUT2D eigenvalue weighted by atomic mass is 9.96. The molecule has 5 nitrogen and oxygen atoms in total. The predicted octanol–water partition coefficient (Wildman–Crippen LogP) is 13.1. The Kier molecular flexibility index (Phi) is 6.69. The Morgan fingerprint density at radius 3 is 2.04 bits per heavy atom. The Morgan fingerprint density at radius 1 is 0.518 bits per heavy atom. The van der Waals surface area contributed by atoms with Crippen molar-refractivity contribution in [3.8, 4) is 39.9 Å². The summed E-state index contributed by atoms with van der Waals surface area (Å²) in [6.45, 7) is 0. The monoisotopic (exact) mass is 716 g/mol. The zero-order valence-electron chi connectivity index (χ0n) is 30.3. The summed E-state index contributed by atoms with van der Waals surface area (Å²) >= 11 is 0. The van der Waals surface area contributed by atoms with Crippen LogP contribution < -0.4 is 0 Å². The molecule has 0 radical (unpaired) electrons. The van der Waals surface area contributed by atoms with Crippen molar-refractivity contribution in [1.82, 2.24) is 19.5 Å². The number of benzene rings is 8. The van der Waals surface area contributed by atoms with E-state index in [4.69, 9.17) is 19.4 Å². The summed E-state index contributed by atoms with van der Waals surface area (Å²) in [5.41, 5.74) is 8.99. The second-order valence-corrected chi connectivity index (χ2v) is 14.6. The molecule has 0 bridgehead atoms. The fraction of sp³-hybridized carbons (Fsp3) is 0.0392. The lowest BCUT2D eigenvalue weighted by Gasteiger charge is -2.20. The number of rotatable bonds is 4. The highest BCUT2D eigenvalue weighted by atomic mass is 16.3. The van der Waals surface area contributed by atoms with Gasteiger partial charge in [0.05, 0.1) is 16.8 Å². The van der Waals surface area contributed by atoms with Gasteiger partial charge in [0.1, 0.15) is 11.2 Å². The molecule has 1 aliphatic rings. The molecule has 0 unspecified atom stereocenters. The molecule has 0 N–H and O–H groups in total.